The lowest BCUT2D eigenvalue weighted by Crippen LogP contribution is -2.40. The summed E-state index contributed by atoms with van der Waals surface area (Å²) < 4.78 is 1.73. The Kier molecular flexibility index (Phi) is 6.25. The second-order valence-corrected chi connectivity index (χ2v) is 6.31. The van der Waals surface area contributed by atoms with Crippen molar-refractivity contribution in [3.05, 3.63) is 31.8 Å². The highest BCUT2D eigenvalue weighted by atomic mass is 127. The molecule has 0 unspecified atom stereocenters. The third-order valence-corrected chi connectivity index (χ3v) is 4.09. The van der Waals surface area contributed by atoms with Crippen LogP contribution < -0.4 is 0 Å². The van der Waals surface area contributed by atoms with Gasteiger partial charge in [-0.2, -0.15) is 0 Å². The van der Waals surface area contributed by atoms with E-state index in [2.05, 4.69) is 38.5 Å². The van der Waals surface area contributed by atoms with Gasteiger partial charge in [-0.15, -0.1) is 0 Å². The molecule has 2 amide bonds. The van der Waals surface area contributed by atoms with E-state index in [9.17, 15) is 9.59 Å². The predicted molar refractivity (Wildman–Crippen MR) is 87.1 cm³/mol. The lowest BCUT2D eigenvalue weighted by molar-refractivity contribution is -0.129. The van der Waals surface area contributed by atoms with Gasteiger partial charge < -0.3 is 9.80 Å². The summed E-state index contributed by atoms with van der Waals surface area (Å²) in [6, 6.07) is 5.55. The van der Waals surface area contributed by atoms with Gasteiger partial charge in [0.1, 0.15) is 0 Å². The Hall–Kier alpha value is -0.630. The highest BCUT2D eigenvalue weighted by Crippen LogP contribution is 2.20. The molecule has 0 aliphatic rings. The van der Waals surface area contributed by atoms with Crippen molar-refractivity contribution in [3.8, 4) is 0 Å². The van der Waals surface area contributed by atoms with E-state index in [1.54, 1.807) is 25.1 Å². The summed E-state index contributed by atoms with van der Waals surface area (Å²) in [5.74, 6) is -0.205. The highest BCUT2D eigenvalue weighted by molar-refractivity contribution is 14.1. The lowest BCUT2D eigenvalue weighted by atomic mass is 10.2. The average molecular weight is 439 g/mol. The molecule has 0 fully saturated rings. The minimum atomic E-state index is -0.122. The molecule has 0 saturated heterocycles. The summed E-state index contributed by atoms with van der Waals surface area (Å²) in [5.41, 5.74) is 0.614. The molecular formula is C13H16BrIN2O2. The van der Waals surface area contributed by atoms with Crippen LogP contribution in [0.4, 0.5) is 0 Å². The first-order chi connectivity index (χ1) is 8.86. The van der Waals surface area contributed by atoms with E-state index >= 15 is 0 Å². The third kappa shape index (κ3) is 4.45. The monoisotopic (exact) mass is 438 g/mol. The second-order valence-electron chi connectivity index (χ2n) is 4.23. The number of nitrogens with zero attached hydrogens (tertiary/aromatic N) is 2. The SMILES string of the molecule is CCN(CC(=O)N(C)C)C(=O)c1cc(Br)ccc1I. The quantitative estimate of drug-likeness (QED) is 0.678. The van der Waals surface area contributed by atoms with Gasteiger partial charge in [-0.05, 0) is 47.7 Å². The topological polar surface area (TPSA) is 40.6 Å². The fraction of sp³-hybridized carbons (Fsp3) is 0.385. The van der Waals surface area contributed by atoms with Gasteiger partial charge in [0.15, 0.2) is 0 Å². The van der Waals surface area contributed by atoms with Crippen molar-refractivity contribution in [3.63, 3.8) is 0 Å². The van der Waals surface area contributed by atoms with E-state index in [0.717, 1.165) is 8.04 Å². The number of amides is 2. The van der Waals surface area contributed by atoms with Crippen LogP contribution in [-0.2, 0) is 4.79 Å². The van der Waals surface area contributed by atoms with Gasteiger partial charge in [0.05, 0.1) is 12.1 Å². The summed E-state index contributed by atoms with van der Waals surface area (Å²) in [6.45, 7) is 2.47. The molecule has 0 bridgehead atoms. The maximum Gasteiger partial charge on any atom is 0.255 e. The third-order valence-electron chi connectivity index (χ3n) is 2.65. The molecule has 0 aliphatic heterocycles. The first-order valence-electron chi connectivity index (χ1n) is 5.81. The molecule has 0 aromatic heterocycles. The normalized spacial score (nSPS) is 10.2. The van der Waals surface area contributed by atoms with E-state index in [-0.39, 0.29) is 18.4 Å². The van der Waals surface area contributed by atoms with Crippen molar-refractivity contribution in [1.29, 1.82) is 0 Å². The predicted octanol–water partition coefficient (Wildman–Crippen LogP) is 2.60. The molecule has 1 aromatic rings. The minimum absolute atomic E-state index is 0.0831. The van der Waals surface area contributed by atoms with Gasteiger partial charge in [-0.25, -0.2) is 0 Å². The average Bonchev–Trinajstić information content (AvgIpc) is 2.37. The highest BCUT2D eigenvalue weighted by Gasteiger charge is 2.20. The number of halogens is 2. The van der Waals surface area contributed by atoms with Crippen molar-refractivity contribution in [2.24, 2.45) is 0 Å². The van der Waals surface area contributed by atoms with Crippen LogP contribution in [0.5, 0.6) is 0 Å². The molecule has 0 saturated carbocycles. The molecule has 1 aromatic carbocycles. The summed E-state index contributed by atoms with van der Waals surface area (Å²) in [5, 5.41) is 0. The van der Waals surface area contributed by atoms with Gasteiger partial charge in [0.25, 0.3) is 5.91 Å². The molecule has 19 heavy (non-hydrogen) atoms. The van der Waals surface area contributed by atoms with Gasteiger partial charge in [0, 0.05) is 28.7 Å². The maximum absolute atomic E-state index is 12.4. The number of carbonyl (C=O) groups excluding carboxylic acids is 2. The van der Waals surface area contributed by atoms with Crippen LogP contribution in [0.25, 0.3) is 0 Å². The largest absolute Gasteiger partial charge is 0.347 e. The first kappa shape index (κ1) is 16.4. The fourth-order valence-corrected chi connectivity index (χ4v) is 2.39. The molecular weight excluding hydrogens is 423 g/mol. The van der Waals surface area contributed by atoms with E-state index < -0.39 is 0 Å². The molecule has 0 heterocycles. The van der Waals surface area contributed by atoms with Crippen molar-refractivity contribution < 1.29 is 9.59 Å². The lowest BCUT2D eigenvalue weighted by Gasteiger charge is -2.23. The number of benzene rings is 1. The summed E-state index contributed by atoms with van der Waals surface area (Å²) in [6.07, 6.45) is 0. The zero-order valence-corrected chi connectivity index (χ0v) is 14.9. The summed E-state index contributed by atoms with van der Waals surface area (Å²) >= 11 is 5.49. The van der Waals surface area contributed by atoms with Crippen molar-refractivity contribution in [2.45, 2.75) is 6.92 Å². The number of hydrogen-bond acceptors (Lipinski definition) is 2. The van der Waals surface area contributed by atoms with Crippen LogP contribution >= 0.6 is 38.5 Å². The molecule has 1 rings (SSSR count). The minimum Gasteiger partial charge on any atom is -0.347 e. The van der Waals surface area contributed by atoms with E-state index in [4.69, 9.17) is 0 Å². The second kappa shape index (κ2) is 7.23. The van der Waals surface area contributed by atoms with Gasteiger partial charge in [-0.1, -0.05) is 15.9 Å². The van der Waals surface area contributed by atoms with Crippen molar-refractivity contribution in [1.82, 2.24) is 9.80 Å². The summed E-state index contributed by atoms with van der Waals surface area (Å²) in [7, 11) is 3.37. The molecule has 0 N–H and O–H groups in total. The Morgan fingerprint density at radius 3 is 2.47 bits per heavy atom. The van der Waals surface area contributed by atoms with Gasteiger partial charge >= 0.3 is 0 Å². The maximum atomic E-state index is 12.4. The van der Waals surface area contributed by atoms with Crippen LogP contribution in [-0.4, -0.2) is 48.8 Å². The fourth-order valence-electron chi connectivity index (χ4n) is 1.46. The smallest absolute Gasteiger partial charge is 0.255 e. The molecule has 6 heteroatoms. The molecule has 4 nitrogen and oxygen atoms in total. The Morgan fingerprint density at radius 1 is 1.32 bits per heavy atom. The Balaban J connectivity index is 2.95. The van der Waals surface area contributed by atoms with Gasteiger partial charge in [-0.3, -0.25) is 9.59 Å². The number of carbonyl (C=O) groups is 2. The number of likely N-dealkylation sites (N-methyl/N-ethyl adjacent to an activating group) is 2. The van der Waals surface area contributed by atoms with Crippen LogP contribution in [0, 0.1) is 3.57 Å². The van der Waals surface area contributed by atoms with Crippen LogP contribution in [0.15, 0.2) is 22.7 Å². The Labute approximate surface area is 135 Å². The Morgan fingerprint density at radius 2 is 1.95 bits per heavy atom. The van der Waals surface area contributed by atoms with Crippen molar-refractivity contribution >= 4 is 50.3 Å². The number of rotatable bonds is 4. The molecule has 0 radical (unpaired) electrons. The molecule has 0 atom stereocenters. The van der Waals surface area contributed by atoms with E-state index in [1.165, 1.54) is 4.90 Å². The van der Waals surface area contributed by atoms with Crippen LogP contribution in [0.2, 0.25) is 0 Å². The molecule has 104 valence electrons. The van der Waals surface area contributed by atoms with Gasteiger partial charge in [0.2, 0.25) is 5.91 Å². The van der Waals surface area contributed by atoms with Crippen LogP contribution in [0.3, 0.4) is 0 Å². The van der Waals surface area contributed by atoms with E-state index in [0.29, 0.717) is 12.1 Å². The number of hydrogen-bond donors (Lipinski definition) is 0. The van der Waals surface area contributed by atoms with Crippen LogP contribution in [0.1, 0.15) is 17.3 Å². The molecule has 0 spiro atoms. The van der Waals surface area contributed by atoms with E-state index in [1.807, 2.05) is 19.1 Å². The zero-order valence-electron chi connectivity index (χ0n) is 11.1. The summed E-state index contributed by atoms with van der Waals surface area (Å²) in [4.78, 5) is 27.2. The first-order valence-corrected chi connectivity index (χ1v) is 7.68. The Bertz CT molecular complexity index is 492. The van der Waals surface area contributed by atoms with Crippen molar-refractivity contribution in [2.75, 3.05) is 27.2 Å². The standard InChI is InChI=1S/C13H16BrIN2O2/c1-4-17(8-12(18)16(2)3)13(19)10-7-9(14)5-6-11(10)15/h5-7H,4,8H2,1-3H3. The molecule has 0 aliphatic carbocycles. The zero-order chi connectivity index (χ0) is 14.6.